The number of rotatable bonds is 10. The number of carbonyl (C=O) groups excluding carboxylic acids is 2. The first-order chi connectivity index (χ1) is 15.3. The number of nitrogen functional groups attached to an aromatic ring is 1. The number of unbranched alkanes of at least 4 members (excludes halogenated alkanes) is 1. The smallest absolute Gasteiger partial charge is 0.330 e. The number of hydrogen-bond donors (Lipinski definition) is 2. The number of aromatic amines is 1. The number of nitrogens with two attached hydrogens (primary N) is 1. The number of amides is 1. The minimum atomic E-state index is -0.764. The molecule has 0 spiro atoms. The summed E-state index contributed by atoms with van der Waals surface area (Å²) in [5.41, 5.74) is 4.68. The van der Waals surface area contributed by atoms with Crippen molar-refractivity contribution in [1.82, 2.24) is 9.55 Å². The van der Waals surface area contributed by atoms with E-state index in [4.69, 9.17) is 10.2 Å². The first kappa shape index (κ1) is 23.3. The molecule has 170 valence electrons. The summed E-state index contributed by atoms with van der Waals surface area (Å²) < 4.78 is 6.60. The van der Waals surface area contributed by atoms with E-state index in [1.807, 2.05) is 19.9 Å². The van der Waals surface area contributed by atoms with Gasteiger partial charge in [0.05, 0.1) is 17.7 Å². The molecule has 3 N–H and O–H groups in total. The molecule has 3 rings (SSSR count). The van der Waals surface area contributed by atoms with Crippen LogP contribution in [0, 0.1) is 6.92 Å². The fourth-order valence-corrected chi connectivity index (χ4v) is 4.12. The zero-order valence-corrected chi connectivity index (χ0v) is 18.9. The van der Waals surface area contributed by atoms with Crippen molar-refractivity contribution in [2.75, 3.05) is 10.6 Å². The lowest BCUT2D eigenvalue weighted by atomic mass is 10.1. The van der Waals surface area contributed by atoms with Crippen molar-refractivity contribution in [2.45, 2.75) is 52.6 Å². The normalized spacial score (nSPS) is 10.9. The van der Waals surface area contributed by atoms with Gasteiger partial charge < -0.3 is 10.2 Å². The molecule has 0 aliphatic rings. The number of H-pyrrole nitrogens is 1. The molecule has 0 saturated heterocycles. The standard InChI is InChI=1S/C22H26N4O5S/c1-3-4-11-25-20(23)19(21(29)24-22(25)30)26(13-15-6-5-12-31-15)18(28)10-8-16(27)17-9-7-14(2)32-17/h5-7,9,12H,3-4,8,10-11,13,23H2,1-2H3,(H,24,29,30). The zero-order chi connectivity index (χ0) is 23.3. The zero-order valence-electron chi connectivity index (χ0n) is 18.1. The highest BCUT2D eigenvalue weighted by Crippen LogP contribution is 2.23. The lowest BCUT2D eigenvalue weighted by molar-refractivity contribution is -0.118. The molecule has 10 heteroatoms. The largest absolute Gasteiger partial charge is 0.467 e. The number of ketones is 1. The maximum Gasteiger partial charge on any atom is 0.330 e. The second kappa shape index (κ2) is 10.3. The first-order valence-electron chi connectivity index (χ1n) is 10.4. The highest BCUT2D eigenvalue weighted by Gasteiger charge is 2.26. The Balaban J connectivity index is 1.92. The average Bonchev–Trinajstić information content (AvgIpc) is 3.42. The molecule has 32 heavy (non-hydrogen) atoms. The summed E-state index contributed by atoms with van der Waals surface area (Å²) in [5, 5.41) is 0. The van der Waals surface area contributed by atoms with Gasteiger partial charge in [-0.3, -0.25) is 28.8 Å². The Kier molecular flexibility index (Phi) is 7.47. The highest BCUT2D eigenvalue weighted by atomic mass is 32.1. The molecule has 0 atom stereocenters. The summed E-state index contributed by atoms with van der Waals surface area (Å²) >= 11 is 1.37. The van der Waals surface area contributed by atoms with Crippen LogP contribution < -0.4 is 21.9 Å². The van der Waals surface area contributed by atoms with Gasteiger partial charge in [0, 0.05) is 24.3 Å². The molecule has 0 saturated carbocycles. The number of hydrogen-bond acceptors (Lipinski definition) is 7. The molecule has 0 fully saturated rings. The Labute approximate surface area is 188 Å². The molecular formula is C22H26N4O5S. The molecule has 0 aliphatic carbocycles. The number of anilines is 2. The molecule has 0 unspecified atom stereocenters. The number of aryl methyl sites for hydroxylation is 1. The van der Waals surface area contributed by atoms with E-state index < -0.39 is 17.2 Å². The number of furan rings is 1. The summed E-state index contributed by atoms with van der Waals surface area (Å²) in [4.78, 5) is 55.6. The third-order valence-corrected chi connectivity index (χ3v) is 6.04. The van der Waals surface area contributed by atoms with Crippen molar-refractivity contribution in [2.24, 2.45) is 0 Å². The molecule has 1 amide bonds. The predicted molar refractivity (Wildman–Crippen MR) is 123 cm³/mol. The van der Waals surface area contributed by atoms with Crippen molar-refractivity contribution in [3.05, 3.63) is 66.9 Å². The first-order valence-corrected chi connectivity index (χ1v) is 11.2. The summed E-state index contributed by atoms with van der Waals surface area (Å²) in [5.74, 6) is -0.277. The third kappa shape index (κ3) is 5.25. The molecule has 9 nitrogen and oxygen atoms in total. The quantitative estimate of drug-likeness (QED) is 0.449. The predicted octanol–water partition coefficient (Wildman–Crippen LogP) is 3.08. The minimum absolute atomic E-state index is 0.0132. The van der Waals surface area contributed by atoms with Gasteiger partial charge in [-0.05, 0) is 37.6 Å². The Hall–Kier alpha value is -3.40. The van der Waals surface area contributed by atoms with Gasteiger partial charge in [0.25, 0.3) is 5.56 Å². The monoisotopic (exact) mass is 458 g/mol. The van der Waals surface area contributed by atoms with Crippen LogP contribution in [0.1, 0.15) is 52.9 Å². The Morgan fingerprint density at radius 3 is 2.62 bits per heavy atom. The van der Waals surface area contributed by atoms with Crippen LogP contribution in [0.15, 0.2) is 44.5 Å². The van der Waals surface area contributed by atoms with Crippen LogP contribution >= 0.6 is 11.3 Å². The van der Waals surface area contributed by atoms with E-state index in [0.29, 0.717) is 23.6 Å². The molecule has 3 heterocycles. The van der Waals surface area contributed by atoms with E-state index in [1.54, 1.807) is 18.2 Å². The van der Waals surface area contributed by atoms with Crippen molar-refractivity contribution in [3.8, 4) is 0 Å². The summed E-state index contributed by atoms with van der Waals surface area (Å²) in [6.45, 7) is 4.12. The van der Waals surface area contributed by atoms with Crippen molar-refractivity contribution >= 4 is 34.5 Å². The van der Waals surface area contributed by atoms with Crippen LogP contribution in [0.2, 0.25) is 0 Å². The highest BCUT2D eigenvalue weighted by molar-refractivity contribution is 7.14. The van der Waals surface area contributed by atoms with Crippen LogP contribution in [0.3, 0.4) is 0 Å². The van der Waals surface area contributed by atoms with Gasteiger partial charge in [0.15, 0.2) is 11.5 Å². The van der Waals surface area contributed by atoms with Crippen LogP contribution in [0.5, 0.6) is 0 Å². The van der Waals surface area contributed by atoms with Gasteiger partial charge in [-0.15, -0.1) is 11.3 Å². The molecule has 0 aliphatic heterocycles. The summed E-state index contributed by atoms with van der Waals surface area (Å²) in [6, 6.07) is 6.91. The Morgan fingerprint density at radius 2 is 2.00 bits per heavy atom. The lowest BCUT2D eigenvalue weighted by Crippen LogP contribution is -2.41. The Bertz CT molecular complexity index is 1210. The third-order valence-electron chi connectivity index (χ3n) is 5.00. The minimum Gasteiger partial charge on any atom is -0.467 e. The molecule has 3 aromatic heterocycles. The summed E-state index contributed by atoms with van der Waals surface area (Å²) in [7, 11) is 0. The van der Waals surface area contributed by atoms with Gasteiger partial charge >= 0.3 is 5.69 Å². The Morgan fingerprint density at radius 1 is 1.22 bits per heavy atom. The summed E-state index contributed by atoms with van der Waals surface area (Å²) in [6.07, 6.45) is 2.82. The fraction of sp³-hybridized carbons (Fsp3) is 0.364. The van der Waals surface area contributed by atoms with Crippen LogP contribution in [-0.4, -0.2) is 21.2 Å². The number of nitrogens with one attached hydrogen (secondary N) is 1. The van der Waals surface area contributed by atoms with E-state index in [9.17, 15) is 19.2 Å². The topological polar surface area (TPSA) is 131 Å². The van der Waals surface area contributed by atoms with E-state index in [-0.39, 0.29) is 36.7 Å². The van der Waals surface area contributed by atoms with Crippen molar-refractivity contribution in [1.29, 1.82) is 0 Å². The lowest BCUT2D eigenvalue weighted by Gasteiger charge is -2.23. The van der Waals surface area contributed by atoms with Gasteiger partial charge in [-0.1, -0.05) is 13.3 Å². The maximum absolute atomic E-state index is 13.2. The van der Waals surface area contributed by atoms with Gasteiger partial charge in [0.1, 0.15) is 11.6 Å². The fourth-order valence-electron chi connectivity index (χ4n) is 3.29. The van der Waals surface area contributed by atoms with Crippen molar-refractivity contribution in [3.63, 3.8) is 0 Å². The van der Waals surface area contributed by atoms with E-state index >= 15 is 0 Å². The molecule has 3 aromatic rings. The van der Waals surface area contributed by atoms with Crippen molar-refractivity contribution < 1.29 is 14.0 Å². The molecular weight excluding hydrogens is 432 g/mol. The van der Waals surface area contributed by atoms with Crippen LogP contribution in [-0.2, 0) is 17.9 Å². The number of nitrogens with zero attached hydrogens (tertiary/aromatic N) is 2. The van der Waals surface area contributed by atoms with E-state index in [1.165, 1.54) is 27.1 Å². The molecule has 0 radical (unpaired) electrons. The number of Topliss-reactive ketones (excluding diaryl/α,β-unsaturated/α-hetero) is 1. The van der Waals surface area contributed by atoms with E-state index in [0.717, 1.165) is 11.3 Å². The molecule has 0 bridgehead atoms. The van der Waals surface area contributed by atoms with Crippen LogP contribution in [0.4, 0.5) is 11.5 Å². The maximum atomic E-state index is 13.2. The second-order valence-corrected chi connectivity index (χ2v) is 8.68. The van der Waals surface area contributed by atoms with Crippen LogP contribution in [0.25, 0.3) is 0 Å². The molecule has 0 aromatic carbocycles. The van der Waals surface area contributed by atoms with Gasteiger partial charge in [-0.2, -0.15) is 0 Å². The average molecular weight is 459 g/mol. The van der Waals surface area contributed by atoms with E-state index in [2.05, 4.69) is 4.98 Å². The second-order valence-electron chi connectivity index (χ2n) is 7.39. The number of thiophene rings is 1. The van der Waals surface area contributed by atoms with Gasteiger partial charge in [-0.25, -0.2) is 4.79 Å². The number of carbonyl (C=O) groups is 2. The van der Waals surface area contributed by atoms with Gasteiger partial charge in [0.2, 0.25) is 5.91 Å². The SMILES string of the molecule is CCCCn1c(N)c(N(Cc2ccco2)C(=O)CCC(=O)c2ccc(C)s2)c(=O)[nH]c1=O. The number of aromatic nitrogens is 2.